The van der Waals surface area contributed by atoms with Crippen LogP contribution in [0.4, 0.5) is 4.39 Å². The van der Waals surface area contributed by atoms with E-state index < -0.39 is 0 Å². The number of carbonyl (C=O) groups is 1. The van der Waals surface area contributed by atoms with Crippen LogP contribution in [0.3, 0.4) is 0 Å². The molecule has 0 saturated carbocycles. The van der Waals surface area contributed by atoms with Gasteiger partial charge in [-0.3, -0.25) is 9.89 Å². The Kier molecular flexibility index (Phi) is 3.74. The maximum absolute atomic E-state index is 13.2. The zero-order valence-corrected chi connectivity index (χ0v) is 13.1. The zero-order valence-electron chi connectivity index (χ0n) is 13.1. The van der Waals surface area contributed by atoms with Gasteiger partial charge >= 0.3 is 0 Å². The van der Waals surface area contributed by atoms with Crippen molar-refractivity contribution in [3.8, 4) is 11.3 Å². The van der Waals surface area contributed by atoms with E-state index in [2.05, 4.69) is 25.5 Å². The van der Waals surface area contributed by atoms with Crippen molar-refractivity contribution in [1.82, 2.24) is 25.5 Å². The molecule has 3 aromatic heterocycles. The van der Waals surface area contributed by atoms with E-state index in [-0.39, 0.29) is 18.3 Å². The van der Waals surface area contributed by atoms with Crippen molar-refractivity contribution in [1.29, 1.82) is 0 Å². The fourth-order valence-corrected chi connectivity index (χ4v) is 2.66. The molecule has 124 valence electrons. The molecule has 6 nitrogen and oxygen atoms in total. The Hall–Kier alpha value is -3.48. The third-order valence-electron chi connectivity index (χ3n) is 3.89. The quantitative estimate of drug-likeness (QED) is 0.536. The van der Waals surface area contributed by atoms with Gasteiger partial charge in [0.05, 0.1) is 5.69 Å². The summed E-state index contributed by atoms with van der Waals surface area (Å²) in [6.07, 6.45) is 3.41. The van der Waals surface area contributed by atoms with Gasteiger partial charge in [0.2, 0.25) is 0 Å². The second-order valence-corrected chi connectivity index (χ2v) is 5.59. The van der Waals surface area contributed by atoms with Crippen molar-refractivity contribution in [3.05, 3.63) is 71.9 Å². The SMILES string of the molecule is O=C(NCc1cccc(F)c1)c1cc(-c2[nH]nc3ncccc23)c[nH]1. The van der Waals surface area contributed by atoms with E-state index in [0.29, 0.717) is 16.9 Å². The fourth-order valence-electron chi connectivity index (χ4n) is 2.66. The lowest BCUT2D eigenvalue weighted by molar-refractivity contribution is 0.0946. The van der Waals surface area contributed by atoms with Crippen LogP contribution in [0, 0.1) is 5.82 Å². The molecule has 4 aromatic rings. The van der Waals surface area contributed by atoms with E-state index in [4.69, 9.17) is 0 Å². The molecule has 0 fully saturated rings. The monoisotopic (exact) mass is 335 g/mol. The van der Waals surface area contributed by atoms with E-state index >= 15 is 0 Å². The predicted molar refractivity (Wildman–Crippen MR) is 91.2 cm³/mol. The molecule has 0 bridgehead atoms. The smallest absolute Gasteiger partial charge is 0.267 e. The van der Waals surface area contributed by atoms with Gasteiger partial charge in [0.15, 0.2) is 5.65 Å². The highest BCUT2D eigenvalue weighted by molar-refractivity contribution is 5.96. The number of fused-ring (bicyclic) bond motifs is 1. The number of rotatable bonds is 4. The fraction of sp³-hybridized carbons (Fsp3) is 0.0556. The minimum atomic E-state index is -0.325. The number of aromatic nitrogens is 4. The summed E-state index contributed by atoms with van der Waals surface area (Å²) in [6.45, 7) is 0.252. The highest BCUT2D eigenvalue weighted by Crippen LogP contribution is 2.25. The summed E-state index contributed by atoms with van der Waals surface area (Å²) in [5.41, 5.74) is 3.34. The first-order valence-corrected chi connectivity index (χ1v) is 7.71. The molecule has 0 unspecified atom stereocenters. The van der Waals surface area contributed by atoms with Crippen LogP contribution in [0.15, 0.2) is 54.9 Å². The molecule has 0 aliphatic carbocycles. The number of amides is 1. The number of carbonyl (C=O) groups excluding carboxylic acids is 1. The van der Waals surface area contributed by atoms with Gasteiger partial charge in [-0.2, -0.15) is 5.10 Å². The van der Waals surface area contributed by atoms with Gasteiger partial charge in [0.25, 0.3) is 5.91 Å². The second-order valence-electron chi connectivity index (χ2n) is 5.59. The molecule has 1 aromatic carbocycles. The molecule has 3 heterocycles. The third-order valence-corrected chi connectivity index (χ3v) is 3.89. The number of hydrogen-bond donors (Lipinski definition) is 3. The number of benzene rings is 1. The van der Waals surface area contributed by atoms with E-state index in [1.54, 1.807) is 30.6 Å². The van der Waals surface area contributed by atoms with Gasteiger partial charge in [0.1, 0.15) is 11.5 Å². The average molecular weight is 335 g/mol. The van der Waals surface area contributed by atoms with Gasteiger partial charge in [-0.05, 0) is 35.9 Å². The van der Waals surface area contributed by atoms with Gasteiger partial charge in [-0.1, -0.05) is 12.1 Å². The first-order chi connectivity index (χ1) is 12.2. The molecule has 0 radical (unpaired) electrons. The zero-order chi connectivity index (χ0) is 17.2. The topological polar surface area (TPSA) is 86.5 Å². The van der Waals surface area contributed by atoms with E-state index in [1.165, 1.54) is 12.1 Å². The molecule has 0 saturated heterocycles. The number of pyridine rings is 1. The Labute approximate surface area is 142 Å². The van der Waals surface area contributed by atoms with E-state index in [1.807, 2.05) is 12.1 Å². The number of nitrogens with zero attached hydrogens (tertiary/aromatic N) is 2. The second kappa shape index (κ2) is 6.20. The molecule has 25 heavy (non-hydrogen) atoms. The molecular weight excluding hydrogens is 321 g/mol. The van der Waals surface area contributed by atoms with Crippen LogP contribution in [-0.4, -0.2) is 26.1 Å². The van der Waals surface area contributed by atoms with E-state index in [9.17, 15) is 9.18 Å². The van der Waals surface area contributed by atoms with Crippen molar-refractivity contribution >= 4 is 16.9 Å². The molecular formula is C18H14FN5O. The largest absolute Gasteiger partial charge is 0.357 e. The number of aromatic amines is 2. The Bertz CT molecular complexity index is 1050. The van der Waals surface area contributed by atoms with Gasteiger partial charge in [-0.15, -0.1) is 0 Å². The summed E-state index contributed by atoms with van der Waals surface area (Å²) >= 11 is 0. The minimum Gasteiger partial charge on any atom is -0.357 e. The summed E-state index contributed by atoms with van der Waals surface area (Å²) < 4.78 is 13.2. The summed E-state index contributed by atoms with van der Waals surface area (Å²) in [7, 11) is 0. The maximum Gasteiger partial charge on any atom is 0.267 e. The Morgan fingerprint density at radius 3 is 3.00 bits per heavy atom. The highest BCUT2D eigenvalue weighted by atomic mass is 19.1. The van der Waals surface area contributed by atoms with Crippen LogP contribution in [0.5, 0.6) is 0 Å². The third kappa shape index (κ3) is 2.99. The summed E-state index contributed by atoms with van der Waals surface area (Å²) in [5, 5.41) is 10.7. The lowest BCUT2D eigenvalue weighted by atomic mass is 10.1. The van der Waals surface area contributed by atoms with Crippen molar-refractivity contribution in [2.24, 2.45) is 0 Å². The summed E-state index contributed by atoms with van der Waals surface area (Å²) in [5.74, 6) is -0.592. The number of nitrogens with one attached hydrogen (secondary N) is 3. The van der Waals surface area contributed by atoms with Crippen LogP contribution in [0.25, 0.3) is 22.3 Å². The number of halogens is 1. The minimum absolute atomic E-state index is 0.252. The number of H-pyrrole nitrogens is 2. The lowest BCUT2D eigenvalue weighted by Gasteiger charge is -2.04. The molecule has 0 aliphatic rings. The number of hydrogen-bond acceptors (Lipinski definition) is 3. The standard InChI is InChI=1S/C18H14FN5O/c19-13-4-1-3-11(7-13)9-22-18(25)15-8-12(10-21-15)16-14-5-2-6-20-17(14)24-23-16/h1-8,10,21H,9H2,(H,22,25)(H,20,23,24). The van der Waals surface area contributed by atoms with Crippen LogP contribution in [-0.2, 0) is 6.54 Å². The molecule has 0 atom stereocenters. The van der Waals surface area contributed by atoms with Gasteiger partial charge in [-0.25, -0.2) is 9.37 Å². The highest BCUT2D eigenvalue weighted by Gasteiger charge is 2.13. The van der Waals surface area contributed by atoms with Crippen molar-refractivity contribution in [2.75, 3.05) is 0 Å². The molecule has 0 aliphatic heterocycles. The first-order valence-electron chi connectivity index (χ1n) is 7.71. The summed E-state index contributed by atoms with van der Waals surface area (Å²) in [6, 6.07) is 11.6. The average Bonchev–Trinajstić information content (AvgIpc) is 3.26. The van der Waals surface area contributed by atoms with Crippen LogP contribution in [0.1, 0.15) is 16.1 Å². The van der Waals surface area contributed by atoms with Crippen LogP contribution >= 0.6 is 0 Å². The molecule has 7 heteroatoms. The Morgan fingerprint density at radius 2 is 2.12 bits per heavy atom. The van der Waals surface area contributed by atoms with Gasteiger partial charge in [0, 0.05) is 29.9 Å². The normalized spacial score (nSPS) is 10.9. The first kappa shape index (κ1) is 15.1. The van der Waals surface area contributed by atoms with Crippen molar-refractivity contribution in [3.63, 3.8) is 0 Å². The van der Waals surface area contributed by atoms with Gasteiger partial charge < -0.3 is 10.3 Å². The predicted octanol–water partition coefficient (Wildman–Crippen LogP) is 3.02. The summed E-state index contributed by atoms with van der Waals surface area (Å²) in [4.78, 5) is 19.4. The Balaban J connectivity index is 1.52. The lowest BCUT2D eigenvalue weighted by Crippen LogP contribution is -2.23. The van der Waals surface area contributed by atoms with E-state index in [0.717, 1.165) is 16.6 Å². The molecule has 3 N–H and O–H groups in total. The molecule has 1 amide bonds. The Morgan fingerprint density at radius 1 is 1.20 bits per heavy atom. The molecule has 0 spiro atoms. The maximum atomic E-state index is 13.2. The molecule has 4 rings (SSSR count). The van der Waals surface area contributed by atoms with Crippen molar-refractivity contribution in [2.45, 2.75) is 6.54 Å². The van der Waals surface area contributed by atoms with Crippen LogP contribution in [0.2, 0.25) is 0 Å². The van der Waals surface area contributed by atoms with Crippen molar-refractivity contribution < 1.29 is 9.18 Å². The van der Waals surface area contributed by atoms with Crippen LogP contribution < -0.4 is 5.32 Å².